The van der Waals surface area contributed by atoms with E-state index in [1.54, 1.807) is 42.7 Å². The molecular weight excluding hydrogens is 303 g/mol. The molecule has 0 amide bonds. The van der Waals surface area contributed by atoms with Gasteiger partial charge in [0.15, 0.2) is 0 Å². The van der Waals surface area contributed by atoms with Crippen LogP contribution in [-0.4, -0.2) is 10.1 Å². The molecule has 2 aromatic carbocycles. The summed E-state index contributed by atoms with van der Waals surface area (Å²) in [6, 6.07) is 15.4. The maximum atomic E-state index is 13.6. The highest BCUT2D eigenvalue weighted by atomic mass is 19.1. The van der Waals surface area contributed by atoms with Crippen molar-refractivity contribution in [3.05, 3.63) is 89.0 Å². The zero-order valence-electron chi connectivity index (χ0n) is 13.1. The van der Waals surface area contributed by atoms with Crippen molar-refractivity contribution in [1.29, 1.82) is 5.26 Å². The van der Waals surface area contributed by atoms with Crippen LogP contribution in [0.4, 0.5) is 4.39 Å². The Balaban J connectivity index is 2.12. The maximum absolute atomic E-state index is 13.6. The SMILES string of the molecule is Cc1ccc(F)cc1C(O)c1cnccc1-c1cccc(C#N)c1. The molecule has 3 aromatic rings. The minimum atomic E-state index is -1.00. The summed E-state index contributed by atoms with van der Waals surface area (Å²) in [4.78, 5) is 4.09. The van der Waals surface area contributed by atoms with E-state index in [9.17, 15) is 9.50 Å². The van der Waals surface area contributed by atoms with Gasteiger partial charge in [-0.15, -0.1) is 0 Å². The number of aliphatic hydroxyl groups excluding tert-OH is 1. The number of nitrogens with zero attached hydrogens (tertiary/aromatic N) is 2. The van der Waals surface area contributed by atoms with Gasteiger partial charge < -0.3 is 5.11 Å². The molecule has 1 atom stereocenters. The van der Waals surface area contributed by atoms with Crippen LogP contribution < -0.4 is 0 Å². The van der Waals surface area contributed by atoms with Gasteiger partial charge >= 0.3 is 0 Å². The van der Waals surface area contributed by atoms with Crippen molar-refractivity contribution in [3.63, 3.8) is 0 Å². The minimum Gasteiger partial charge on any atom is -0.384 e. The van der Waals surface area contributed by atoms with Gasteiger partial charge in [0.25, 0.3) is 0 Å². The van der Waals surface area contributed by atoms with Crippen LogP contribution in [-0.2, 0) is 0 Å². The summed E-state index contributed by atoms with van der Waals surface area (Å²) in [5.41, 5.74) is 3.97. The molecule has 0 saturated carbocycles. The smallest absolute Gasteiger partial charge is 0.123 e. The molecule has 0 radical (unpaired) electrons. The Kier molecular flexibility index (Phi) is 4.37. The monoisotopic (exact) mass is 318 g/mol. The number of rotatable bonds is 3. The molecule has 0 bridgehead atoms. The summed E-state index contributed by atoms with van der Waals surface area (Å²) in [6.45, 7) is 1.82. The van der Waals surface area contributed by atoms with E-state index in [2.05, 4.69) is 11.1 Å². The maximum Gasteiger partial charge on any atom is 0.123 e. The Morgan fingerprint density at radius 2 is 1.96 bits per heavy atom. The highest BCUT2D eigenvalue weighted by molar-refractivity contribution is 5.69. The normalized spacial score (nSPS) is 11.8. The molecule has 0 fully saturated rings. The average Bonchev–Trinajstić information content (AvgIpc) is 2.63. The summed E-state index contributed by atoms with van der Waals surface area (Å²) in [6.07, 6.45) is 2.20. The summed E-state index contributed by atoms with van der Waals surface area (Å²) < 4.78 is 13.6. The Labute approximate surface area is 139 Å². The second-order valence-corrected chi connectivity index (χ2v) is 5.56. The van der Waals surface area contributed by atoms with Crippen molar-refractivity contribution in [2.24, 2.45) is 0 Å². The van der Waals surface area contributed by atoms with Gasteiger partial charge in [0, 0.05) is 18.0 Å². The second kappa shape index (κ2) is 6.61. The zero-order chi connectivity index (χ0) is 17.1. The Hall–Kier alpha value is -3.03. The highest BCUT2D eigenvalue weighted by Gasteiger charge is 2.18. The van der Waals surface area contributed by atoms with E-state index in [0.717, 1.165) is 16.7 Å². The van der Waals surface area contributed by atoms with Crippen molar-refractivity contribution in [1.82, 2.24) is 4.98 Å². The van der Waals surface area contributed by atoms with E-state index in [0.29, 0.717) is 16.7 Å². The highest BCUT2D eigenvalue weighted by Crippen LogP contribution is 2.33. The first-order valence-corrected chi connectivity index (χ1v) is 7.48. The topological polar surface area (TPSA) is 56.9 Å². The number of aryl methyl sites for hydroxylation is 1. The van der Waals surface area contributed by atoms with Gasteiger partial charge in [-0.2, -0.15) is 5.26 Å². The van der Waals surface area contributed by atoms with Crippen LogP contribution in [0.3, 0.4) is 0 Å². The van der Waals surface area contributed by atoms with Crippen LogP contribution in [0.25, 0.3) is 11.1 Å². The van der Waals surface area contributed by atoms with Gasteiger partial charge in [0.05, 0.1) is 11.6 Å². The number of aromatic nitrogens is 1. The molecule has 0 saturated heterocycles. The molecule has 0 aliphatic carbocycles. The van der Waals surface area contributed by atoms with Crippen LogP contribution >= 0.6 is 0 Å². The van der Waals surface area contributed by atoms with Gasteiger partial charge in [-0.1, -0.05) is 18.2 Å². The fraction of sp³-hybridized carbons (Fsp3) is 0.100. The first-order valence-electron chi connectivity index (χ1n) is 7.48. The first kappa shape index (κ1) is 15.9. The number of halogens is 1. The molecule has 3 rings (SSSR count). The lowest BCUT2D eigenvalue weighted by molar-refractivity contribution is 0.219. The Morgan fingerprint density at radius 1 is 1.12 bits per heavy atom. The van der Waals surface area contributed by atoms with E-state index in [-0.39, 0.29) is 0 Å². The Morgan fingerprint density at radius 3 is 2.75 bits per heavy atom. The molecule has 1 unspecified atom stereocenters. The summed E-state index contributed by atoms with van der Waals surface area (Å²) >= 11 is 0. The van der Waals surface area contributed by atoms with E-state index in [4.69, 9.17) is 5.26 Å². The van der Waals surface area contributed by atoms with Crippen LogP contribution in [0, 0.1) is 24.1 Å². The quantitative estimate of drug-likeness (QED) is 0.789. The van der Waals surface area contributed by atoms with Gasteiger partial charge in [-0.25, -0.2) is 4.39 Å². The third-order valence-corrected chi connectivity index (χ3v) is 3.99. The lowest BCUT2D eigenvalue weighted by Gasteiger charge is -2.17. The van der Waals surface area contributed by atoms with Gasteiger partial charge in [0.2, 0.25) is 0 Å². The molecule has 0 aliphatic rings. The first-order chi connectivity index (χ1) is 11.6. The van der Waals surface area contributed by atoms with E-state index >= 15 is 0 Å². The predicted octanol–water partition coefficient (Wildman–Crippen LogP) is 4.15. The predicted molar refractivity (Wildman–Crippen MR) is 89.6 cm³/mol. The standard InChI is InChI=1S/C20H15FN2O/c1-13-5-6-16(21)10-18(13)20(24)19-12-23-8-7-17(19)15-4-2-3-14(9-15)11-22/h2-10,12,20,24H,1H3. The molecule has 24 heavy (non-hydrogen) atoms. The lowest BCUT2D eigenvalue weighted by Crippen LogP contribution is -2.05. The number of hydrogen-bond acceptors (Lipinski definition) is 3. The molecule has 1 aromatic heterocycles. The average molecular weight is 318 g/mol. The van der Waals surface area contributed by atoms with Crippen LogP contribution in [0.15, 0.2) is 60.9 Å². The fourth-order valence-electron chi connectivity index (χ4n) is 2.72. The van der Waals surface area contributed by atoms with Crippen LogP contribution in [0.2, 0.25) is 0 Å². The second-order valence-electron chi connectivity index (χ2n) is 5.56. The summed E-state index contributed by atoms with van der Waals surface area (Å²) in [5, 5.41) is 19.9. The molecular formula is C20H15FN2O. The number of nitriles is 1. The van der Waals surface area contributed by atoms with Crippen molar-refractivity contribution in [2.45, 2.75) is 13.0 Å². The lowest BCUT2D eigenvalue weighted by atomic mass is 9.92. The summed E-state index contributed by atoms with van der Waals surface area (Å²) in [7, 11) is 0. The molecule has 3 nitrogen and oxygen atoms in total. The molecule has 0 spiro atoms. The van der Waals surface area contributed by atoms with Crippen LogP contribution in [0.1, 0.15) is 28.4 Å². The third kappa shape index (κ3) is 3.03. The molecule has 118 valence electrons. The van der Waals surface area contributed by atoms with Gasteiger partial charge in [0.1, 0.15) is 11.9 Å². The van der Waals surface area contributed by atoms with Crippen molar-refractivity contribution < 1.29 is 9.50 Å². The molecule has 1 heterocycles. The van der Waals surface area contributed by atoms with Crippen molar-refractivity contribution in [3.8, 4) is 17.2 Å². The van der Waals surface area contributed by atoms with E-state index in [1.807, 2.05) is 13.0 Å². The molecule has 1 N–H and O–H groups in total. The zero-order valence-corrected chi connectivity index (χ0v) is 13.1. The van der Waals surface area contributed by atoms with Crippen molar-refractivity contribution >= 4 is 0 Å². The van der Waals surface area contributed by atoms with E-state index < -0.39 is 11.9 Å². The largest absolute Gasteiger partial charge is 0.384 e. The minimum absolute atomic E-state index is 0.397. The van der Waals surface area contributed by atoms with E-state index in [1.165, 1.54) is 12.1 Å². The number of aliphatic hydroxyl groups is 1. The summed E-state index contributed by atoms with van der Waals surface area (Å²) in [5.74, 6) is -0.397. The number of benzene rings is 2. The third-order valence-electron chi connectivity index (χ3n) is 3.99. The fourth-order valence-corrected chi connectivity index (χ4v) is 2.72. The molecule has 0 aliphatic heterocycles. The Bertz CT molecular complexity index is 931. The number of pyridine rings is 1. The van der Waals surface area contributed by atoms with Crippen LogP contribution in [0.5, 0.6) is 0 Å². The van der Waals surface area contributed by atoms with Gasteiger partial charge in [-0.05, 0) is 59.5 Å². The van der Waals surface area contributed by atoms with Gasteiger partial charge in [-0.3, -0.25) is 4.98 Å². The van der Waals surface area contributed by atoms with Crippen molar-refractivity contribution in [2.75, 3.05) is 0 Å². The molecule has 4 heteroatoms. The number of hydrogen-bond donors (Lipinski definition) is 1.